The predicted molar refractivity (Wildman–Crippen MR) is 62.6 cm³/mol. The lowest BCUT2D eigenvalue weighted by Crippen LogP contribution is -2.23. The molecule has 0 radical (unpaired) electrons. The number of nitrogens with one attached hydrogen (secondary N) is 1. The molecule has 0 aliphatic heterocycles. The van der Waals surface area contributed by atoms with E-state index >= 15 is 0 Å². The van der Waals surface area contributed by atoms with Crippen LogP contribution in [0, 0.1) is 5.82 Å². The first-order chi connectivity index (χ1) is 8.27. The van der Waals surface area contributed by atoms with Gasteiger partial charge in [0.15, 0.2) is 0 Å². The maximum atomic E-state index is 13.6. The van der Waals surface area contributed by atoms with Crippen molar-refractivity contribution in [1.82, 2.24) is 5.32 Å². The Morgan fingerprint density at radius 2 is 2.00 bits per heavy atom. The minimum atomic E-state index is -4.48. The van der Waals surface area contributed by atoms with E-state index in [9.17, 15) is 17.6 Å². The Labute approximate surface area is 104 Å². The van der Waals surface area contributed by atoms with Gasteiger partial charge in [-0.25, -0.2) is 4.39 Å². The van der Waals surface area contributed by atoms with Gasteiger partial charge < -0.3 is 5.32 Å². The molecule has 0 saturated carbocycles. The highest BCUT2D eigenvalue weighted by Crippen LogP contribution is 2.33. The smallest absolute Gasteiger partial charge is 0.307 e. The van der Waals surface area contributed by atoms with Crippen molar-refractivity contribution in [2.75, 3.05) is 6.54 Å². The Morgan fingerprint density at radius 3 is 2.44 bits per heavy atom. The van der Waals surface area contributed by atoms with E-state index in [2.05, 4.69) is 11.9 Å². The first-order valence-electron chi connectivity index (χ1n) is 5.52. The van der Waals surface area contributed by atoms with Crippen LogP contribution in [0.1, 0.15) is 31.0 Å². The SMILES string of the molecule is C=C(C)C(NCC)c1cc(C(F)(F)F)ccc1F. The first kappa shape index (κ1) is 14.7. The van der Waals surface area contributed by atoms with Crippen molar-refractivity contribution < 1.29 is 17.6 Å². The van der Waals surface area contributed by atoms with Gasteiger partial charge in [0.25, 0.3) is 0 Å². The Bertz CT molecular complexity index is 437. The third-order valence-electron chi connectivity index (χ3n) is 2.54. The summed E-state index contributed by atoms with van der Waals surface area (Å²) in [6.07, 6.45) is -4.48. The molecular weight excluding hydrogens is 246 g/mol. The molecule has 1 rings (SSSR count). The molecule has 0 aliphatic carbocycles. The Morgan fingerprint density at radius 1 is 1.39 bits per heavy atom. The summed E-state index contributed by atoms with van der Waals surface area (Å²) in [4.78, 5) is 0. The maximum absolute atomic E-state index is 13.6. The number of likely N-dealkylation sites (N-methyl/N-ethyl adjacent to an activating group) is 1. The molecule has 5 heteroatoms. The van der Waals surface area contributed by atoms with Crippen molar-refractivity contribution in [3.8, 4) is 0 Å². The molecule has 1 atom stereocenters. The van der Waals surface area contributed by atoms with Gasteiger partial charge in [-0.1, -0.05) is 19.1 Å². The lowest BCUT2D eigenvalue weighted by atomic mass is 9.98. The van der Waals surface area contributed by atoms with Gasteiger partial charge in [-0.15, -0.1) is 0 Å². The maximum Gasteiger partial charge on any atom is 0.416 e. The lowest BCUT2D eigenvalue weighted by Gasteiger charge is -2.20. The number of benzene rings is 1. The van der Waals surface area contributed by atoms with Crippen molar-refractivity contribution in [1.29, 1.82) is 0 Å². The van der Waals surface area contributed by atoms with Crippen LogP contribution in [0.5, 0.6) is 0 Å². The van der Waals surface area contributed by atoms with Gasteiger partial charge in [-0.2, -0.15) is 13.2 Å². The topological polar surface area (TPSA) is 12.0 Å². The minimum absolute atomic E-state index is 0.0285. The summed E-state index contributed by atoms with van der Waals surface area (Å²) in [6, 6.07) is 1.79. The fourth-order valence-corrected chi connectivity index (χ4v) is 1.70. The molecule has 0 aromatic heterocycles. The summed E-state index contributed by atoms with van der Waals surface area (Å²) < 4.78 is 51.4. The van der Waals surface area contributed by atoms with Gasteiger partial charge in [-0.05, 0) is 31.7 Å². The van der Waals surface area contributed by atoms with Crippen molar-refractivity contribution in [3.63, 3.8) is 0 Å². The minimum Gasteiger partial charge on any atom is -0.307 e. The lowest BCUT2D eigenvalue weighted by molar-refractivity contribution is -0.137. The zero-order valence-electron chi connectivity index (χ0n) is 10.2. The number of halogens is 4. The fraction of sp³-hybridized carbons (Fsp3) is 0.385. The number of hydrogen-bond donors (Lipinski definition) is 1. The van der Waals surface area contributed by atoms with Gasteiger partial charge in [0.1, 0.15) is 5.82 Å². The summed E-state index contributed by atoms with van der Waals surface area (Å²) in [5, 5.41) is 2.91. The van der Waals surface area contributed by atoms with Crippen LogP contribution in [0.2, 0.25) is 0 Å². The second-order valence-corrected chi connectivity index (χ2v) is 4.07. The number of hydrogen-bond acceptors (Lipinski definition) is 1. The highest BCUT2D eigenvalue weighted by atomic mass is 19.4. The summed E-state index contributed by atoms with van der Waals surface area (Å²) >= 11 is 0. The molecule has 100 valence electrons. The predicted octanol–water partition coefficient (Wildman–Crippen LogP) is 4.07. The quantitative estimate of drug-likeness (QED) is 0.636. The zero-order chi connectivity index (χ0) is 13.9. The Balaban J connectivity index is 3.25. The molecule has 1 aromatic carbocycles. The van der Waals surface area contributed by atoms with Crippen molar-refractivity contribution in [3.05, 3.63) is 47.3 Å². The zero-order valence-corrected chi connectivity index (χ0v) is 10.2. The van der Waals surface area contributed by atoms with Crippen LogP contribution in [0.4, 0.5) is 17.6 Å². The largest absolute Gasteiger partial charge is 0.416 e. The van der Waals surface area contributed by atoms with Gasteiger partial charge in [-0.3, -0.25) is 0 Å². The average molecular weight is 261 g/mol. The summed E-state index contributed by atoms with van der Waals surface area (Å²) in [5.41, 5.74) is -0.322. The molecule has 1 nitrogen and oxygen atoms in total. The Hall–Kier alpha value is -1.36. The van der Waals surface area contributed by atoms with E-state index in [1.165, 1.54) is 0 Å². The molecule has 0 heterocycles. The van der Waals surface area contributed by atoms with Crippen LogP contribution in [0.25, 0.3) is 0 Å². The van der Waals surface area contributed by atoms with Crippen LogP contribution in [0.3, 0.4) is 0 Å². The molecule has 0 amide bonds. The highest BCUT2D eigenvalue weighted by Gasteiger charge is 2.32. The monoisotopic (exact) mass is 261 g/mol. The van der Waals surface area contributed by atoms with E-state index in [0.29, 0.717) is 12.1 Å². The molecule has 1 aromatic rings. The molecule has 18 heavy (non-hydrogen) atoms. The highest BCUT2D eigenvalue weighted by molar-refractivity contribution is 5.33. The molecule has 0 spiro atoms. The third kappa shape index (κ3) is 3.32. The molecular formula is C13H15F4N. The van der Waals surface area contributed by atoms with Crippen LogP contribution in [0.15, 0.2) is 30.4 Å². The van der Waals surface area contributed by atoms with Crippen LogP contribution in [-0.2, 0) is 6.18 Å². The van der Waals surface area contributed by atoms with E-state index in [0.717, 1.165) is 18.2 Å². The summed E-state index contributed by atoms with van der Waals surface area (Å²) in [7, 11) is 0. The average Bonchev–Trinajstić information content (AvgIpc) is 2.25. The molecule has 0 fully saturated rings. The molecule has 1 N–H and O–H groups in total. The molecule has 0 aliphatic rings. The normalized spacial score (nSPS) is 13.4. The van der Waals surface area contributed by atoms with Crippen molar-refractivity contribution in [2.24, 2.45) is 0 Å². The van der Waals surface area contributed by atoms with E-state index in [1.54, 1.807) is 13.8 Å². The number of alkyl halides is 3. The standard InChI is InChI=1S/C13H15F4N/c1-4-18-12(8(2)3)10-7-9(13(15,16)17)5-6-11(10)14/h5-7,12,18H,2,4H2,1,3H3. The summed E-state index contributed by atoms with van der Waals surface area (Å²) in [6.45, 7) is 7.62. The van der Waals surface area contributed by atoms with Gasteiger partial charge >= 0.3 is 6.18 Å². The van der Waals surface area contributed by atoms with Gasteiger partial charge in [0.05, 0.1) is 11.6 Å². The third-order valence-corrected chi connectivity index (χ3v) is 2.54. The molecule has 0 bridgehead atoms. The summed E-state index contributed by atoms with van der Waals surface area (Å²) in [5.74, 6) is -0.669. The van der Waals surface area contributed by atoms with E-state index in [4.69, 9.17) is 0 Å². The second-order valence-electron chi connectivity index (χ2n) is 4.07. The van der Waals surface area contributed by atoms with Crippen LogP contribution >= 0.6 is 0 Å². The fourth-order valence-electron chi connectivity index (χ4n) is 1.70. The van der Waals surface area contributed by atoms with Gasteiger partial charge in [0.2, 0.25) is 0 Å². The van der Waals surface area contributed by atoms with Gasteiger partial charge in [0, 0.05) is 5.56 Å². The molecule has 1 unspecified atom stereocenters. The number of rotatable bonds is 4. The molecule has 0 saturated heterocycles. The van der Waals surface area contributed by atoms with Crippen LogP contribution < -0.4 is 5.32 Å². The van der Waals surface area contributed by atoms with Crippen molar-refractivity contribution >= 4 is 0 Å². The van der Waals surface area contributed by atoms with Crippen molar-refractivity contribution in [2.45, 2.75) is 26.1 Å². The van der Waals surface area contributed by atoms with E-state index < -0.39 is 23.6 Å². The second kappa shape index (κ2) is 5.52. The van der Waals surface area contributed by atoms with E-state index in [1.807, 2.05) is 0 Å². The van der Waals surface area contributed by atoms with Crippen LogP contribution in [-0.4, -0.2) is 6.54 Å². The van der Waals surface area contributed by atoms with E-state index in [-0.39, 0.29) is 5.56 Å². The Kier molecular flexibility index (Phi) is 4.51. The first-order valence-corrected chi connectivity index (χ1v) is 5.52.